The lowest BCUT2D eigenvalue weighted by molar-refractivity contribution is 0.135. The lowest BCUT2D eigenvalue weighted by atomic mass is 10.0. The minimum atomic E-state index is -0.548. The van der Waals surface area contributed by atoms with Crippen molar-refractivity contribution < 1.29 is 4.74 Å². The van der Waals surface area contributed by atoms with Crippen LogP contribution in [0.4, 0.5) is 0 Å². The van der Waals surface area contributed by atoms with E-state index in [1.165, 1.54) is 22.2 Å². The highest BCUT2D eigenvalue weighted by Crippen LogP contribution is 2.56. The second-order valence-corrected chi connectivity index (χ2v) is 7.44. The highest BCUT2D eigenvalue weighted by Gasteiger charge is 2.39. The lowest BCUT2D eigenvalue weighted by Crippen LogP contribution is -2.25. The highest BCUT2D eigenvalue weighted by molar-refractivity contribution is 7.76. The minimum Gasteiger partial charge on any atom is -0.381 e. The van der Waals surface area contributed by atoms with Gasteiger partial charge < -0.3 is 4.74 Å². The second-order valence-electron chi connectivity index (χ2n) is 5.25. The molecule has 22 heavy (non-hydrogen) atoms. The van der Waals surface area contributed by atoms with Crippen LogP contribution in [0.5, 0.6) is 0 Å². The maximum atomic E-state index is 5.57. The first-order valence-corrected chi connectivity index (χ1v) is 8.84. The van der Waals surface area contributed by atoms with Gasteiger partial charge in [-0.3, -0.25) is 0 Å². The van der Waals surface area contributed by atoms with E-state index in [1.807, 2.05) is 0 Å². The Balaban J connectivity index is 1.99. The fraction of sp³-hybridized carbons (Fsp3) is 0.150. The van der Waals surface area contributed by atoms with Gasteiger partial charge in [0.2, 0.25) is 0 Å². The zero-order chi connectivity index (χ0) is 15.4. The molecule has 2 aromatic carbocycles. The van der Waals surface area contributed by atoms with Crippen LogP contribution in [0.25, 0.3) is 0 Å². The van der Waals surface area contributed by atoms with Crippen LogP contribution in [-0.2, 0) is 4.74 Å². The van der Waals surface area contributed by atoms with Crippen LogP contribution in [0.15, 0.2) is 60.7 Å². The summed E-state index contributed by atoms with van der Waals surface area (Å²) >= 11 is 0. The molecule has 0 aromatic heterocycles. The van der Waals surface area contributed by atoms with Crippen molar-refractivity contribution in [3.05, 3.63) is 91.5 Å². The van der Waals surface area contributed by atoms with Crippen LogP contribution in [-0.4, -0.2) is 13.2 Å². The zero-order valence-corrected chi connectivity index (χ0v) is 13.8. The molecule has 0 N–H and O–H groups in total. The van der Waals surface area contributed by atoms with Crippen molar-refractivity contribution >= 4 is 18.5 Å². The Morgan fingerprint density at radius 1 is 0.818 bits per heavy atom. The summed E-state index contributed by atoms with van der Waals surface area (Å²) in [5.41, 5.74) is 1.39. The Morgan fingerprint density at radius 3 is 1.86 bits per heavy atom. The smallest absolute Gasteiger partial charge is 0.0618 e. The molecule has 2 heteroatoms. The first kappa shape index (κ1) is 15.7. The summed E-state index contributed by atoms with van der Waals surface area (Å²) in [7, 11) is 1.22. The summed E-state index contributed by atoms with van der Waals surface area (Å²) in [5.74, 6) is 1.29. The Hall–Kier alpha value is -1.17. The van der Waals surface area contributed by atoms with Gasteiger partial charge in [0.25, 0.3) is 0 Å². The Labute approximate surface area is 135 Å². The Morgan fingerprint density at radius 2 is 1.36 bits per heavy atom. The van der Waals surface area contributed by atoms with Gasteiger partial charge in [-0.15, -0.1) is 0 Å². The van der Waals surface area contributed by atoms with Gasteiger partial charge in [0.05, 0.1) is 6.10 Å². The van der Waals surface area contributed by atoms with Crippen molar-refractivity contribution in [2.75, 3.05) is 7.11 Å². The maximum absolute atomic E-state index is 5.57. The van der Waals surface area contributed by atoms with Crippen molar-refractivity contribution in [3.8, 4) is 0 Å². The van der Waals surface area contributed by atoms with Gasteiger partial charge in [-0.1, -0.05) is 60.7 Å². The summed E-state index contributed by atoms with van der Waals surface area (Å²) in [5, 5.41) is 2.75. The number of hydrogen-bond donors (Lipinski definition) is 0. The van der Waals surface area contributed by atoms with Crippen molar-refractivity contribution in [1.29, 1.82) is 0 Å². The number of rotatable bonds is 5. The Bertz CT molecular complexity index is 529. The van der Waals surface area contributed by atoms with Crippen molar-refractivity contribution in [3.63, 3.8) is 0 Å². The standard InChI is InChI=1S/C20H20OP/c1-16(21-2)19-14-9-15-20(19)22(17-10-5-3-6-11-17)18-12-7-4-8-13-18/h3-16H,1-2H3/t16-/m1/s1. The van der Waals surface area contributed by atoms with Crippen LogP contribution in [0.3, 0.4) is 0 Å². The molecule has 0 unspecified atom stereocenters. The summed E-state index contributed by atoms with van der Waals surface area (Å²) in [6, 6.07) is 21.6. The topological polar surface area (TPSA) is 9.23 Å². The minimum absolute atomic E-state index is 0.113. The van der Waals surface area contributed by atoms with Gasteiger partial charge in [-0.25, -0.2) is 0 Å². The van der Waals surface area contributed by atoms with Crippen LogP contribution < -0.4 is 10.6 Å². The molecule has 1 saturated carbocycles. The molecule has 0 saturated heterocycles. The van der Waals surface area contributed by atoms with Gasteiger partial charge in [-0.2, -0.15) is 0 Å². The van der Waals surface area contributed by atoms with Crippen molar-refractivity contribution in [2.24, 2.45) is 0 Å². The predicted molar refractivity (Wildman–Crippen MR) is 94.9 cm³/mol. The average molecular weight is 307 g/mol. The summed E-state index contributed by atoms with van der Waals surface area (Å²) in [6.07, 6.45) is 6.69. The molecule has 1 atom stereocenters. The highest BCUT2D eigenvalue weighted by atomic mass is 31.1. The van der Waals surface area contributed by atoms with E-state index in [0.29, 0.717) is 0 Å². The molecular weight excluding hydrogens is 287 g/mol. The first-order chi connectivity index (χ1) is 10.8. The average Bonchev–Trinajstić information content (AvgIpc) is 3.06. The van der Waals surface area contributed by atoms with Gasteiger partial charge >= 0.3 is 0 Å². The quantitative estimate of drug-likeness (QED) is 0.762. The lowest BCUT2D eigenvalue weighted by Gasteiger charge is -2.31. The van der Waals surface area contributed by atoms with Crippen LogP contribution in [0.1, 0.15) is 6.92 Å². The molecule has 0 spiro atoms. The van der Waals surface area contributed by atoms with Gasteiger partial charge in [0.15, 0.2) is 0 Å². The van der Waals surface area contributed by atoms with Gasteiger partial charge in [0, 0.05) is 18.7 Å². The number of ether oxygens (including phenoxy) is 1. The van der Waals surface area contributed by atoms with Gasteiger partial charge in [-0.05, 0) is 44.7 Å². The largest absolute Gasteiger partial charge is 0.381 e. The third kappa shape index (κ3) is 3.26. The van der Waals surface area contributed by atoms with E-state index >= 15 is 0 Å². The van der Waals surface area contributed by atoms with Gasteiger partial charge in [0.1, 0.15) is 0 Å². The molecule has 0 bridgehead atoms. The monoisotopic (exact) mass is 307 g/mol. The normalized spacial score (nSPS) is 18.0. The molecule has 1 aliphatic carbocycles. The fourth-order valence-electron chi connectivity index (χ4n) is 2.68. The molecule has 3 rings (SSSR count). The van der Waals surface area contributed by atoms with Crippen LogP contribution >= 0.6 is 7.92 Å². The summed E-state index contributed by atoms with van der Waals surface area (Å²) in [6.45, 7) is 2.11. The van der Waals surface area contributed by atoms with E-state index in [0.717, 1.165) is 0 Å². The molecule has 111 valence electrons. The SMILES string of the molecule is CO[C@H](C)[C]1[CH][CH][CH][C]1P(c1ccccc1)c1ccccc1. The Kier molecular flexibility index (Phi) is 5.28. The van der Waals surface area contributed by atoms with Crippen molar-refractivity contribution in [2.45, 2.75) is 13.0 Å². The fourth-order valence-corrected chi connectivity index (χ4v) is 5.22. The van der Waals surface area contributed by atoms with E-state index in [4.69, 9.17) is 4.74 Å². The molecule has 1 fully saturated rings. The van der Waals surface area contributed by atoms with E-state index in [2.05, 4.69) is 86.8 Å². The van der Waals surface area contributed by atoms with Crippen LogP contribution in [0, 0.1) is 30.8 Å². The number of methoxy groups -OCH3 is 1. The molecule has 1 aliphatic rings. The predicted octanol–water partition coefficient (Wildman–Crippen LogP) is 3.89. The molecule has 5 radical (unpaired) electrons. The number of hydrogen-bond acceptors (Lipinski definition) is 1. The van der Waals surface area contributed by atoms with E-state index < -0.39 is 7.92 Å². The summed E-state index contributed by atoms with van der Waals surface area (Å²) in [4.78, 5) is 0. The molecule has 0 heterocycles. The molecule has 0 aliphatic heterocycles. The maximum Gasteiger partial charge on any atom is 0.0618 e. The van der Waals surface area contributed by atoms with E-state index in [-0.39, 0.29) is 6.10 Å². The molecule has 0 amide bonds. The molecule has 2 aromatic rings. The molecule has 1 nitrogen and oxygen atoms in total. The second kappa shape index (κ2) is 7.40. The van der Waals surface area contributed by atoms with E-state index in [9.17, 15) is 0 Å². The van der Waals surface area contributed by atoms with Crippen molar-refractivity contribution in [1.82, 2.24) is 0 Å². The molecular formula is C20H20OP. The third-order valence-electron chi connectivity index (χ3n) is 3.89. The van der Waals surface area contributed by atoms with E-state index in [1.54, 1.807) is 7.11 Å². The summed E-state index contributed by atoms with van der Waals surface area (Å²) < 4.78 is 5.57. The zero-order valence-electron chi connectivity index (χ0n) is 12.9. The third-order valence-corrected chi connectivity index (χ3v) is 6.41. The first-order valence-electron chi connectivity index (χ1n) is 7.50. The number of benzene rings is 2. The van der Waals surface area contributed by atoms with Crippen LogP contribution in [0.2, 0.25) is 0 Å².